The van der Waals surface area contributed by atoms with Gasteiger partial charge >= 0.3 is 0 Å². The molecule has 1 fully saturated rings. The molecule has 1 aliphatic carbocycles. The van der Waals surface area contributed by atoms with Crippen LogP contribution in [-0.2, 0) is 4.74 Å². The Morgan fingerprint density at radius 2 is 2.25 bits per heavy atom. The number of methoxy groups -OCH3 is 1. The summed E-state index contributed by atoms with van der Waals surface area (Å²) in [6.07, 6.45) is 3.00. The standard InChI is InChI=1S/C6H12O2/c1-8-6-3-2-5(7)4-6/h5-7H,2-4H2,1H3/t5?,6-/m1/s1. The molecule has 1 N–H and O–H groups in total. The first-order chi connectivity index (χ1) is 3.83. The molecule has 8 heavy (non-hydrogen) atoms. The molecule has 2 heteroatoms. The van der Waals surface area contributed by atoms with E-state index >= 15 is 0 Å². The summed E-state index contributed by atoms with van der Waals surface area (Å²) in [5, 5.41) is 8.95. The molecule has 0 aliphatic heterocycles. The quantitative estimate of drug-likeness (QED) is 0.542. The molecule has 1 rings (SSSR count). The van der Waals surface area contributed by atoms with Crippen molar-refractivity contribution in [1.82, 2.24) is 0 Å². The highest BCUT2D eigenvalue weighted by Gasteiger charge is 2.21. The van der Waals surface area contributed by atoms with Crippen molar-refractivity contribution in [3.63, 3.8) is 0 Å². The average molecular weight is 116 g/mol. The molecule has 0 radical (unpaired) electrons. The number of ether oxygens (including phenoxy) is 1. The van der Waals surface area contributed by atoms with Crippen LogP contribution >= 0.6 is 0 Å². The van der Waals surface area contributed by atoms with Gasteiger partial charge in [-0.1, -0.05) is 0 Å². The van der Waals surface area contributed by atoms with Crippen LogP contribution in [-0.4, -0.2) is 24.4 Å². The van der Waals surface area contributed by atoms with Crippen molar-refractivity contribution in [2.75, 3.05) is 7.11 Å². The summed E-state index contributed by atoms with van der Waals surface area (Å²) < 4.78 is 5.02. The van der Waals surface area contributed by atoms with E-state index in [9.17, 15) is 0 Å². The number of aliphatic hydroxyl groups is 1. The lowest BCUT2D eigenvalue weighted by molar-refractivity contribution is 0.0898. The molecule has 0 spiro atoms. The first kappa shape index (κ1) is 6.05. The van der Waals surface area contributed by atoms with Crippen molar-refractivity contribution in [3.8, 4) is 0 Å². The molecule has 0 aromatic rings. The van der Waals surface area contributed by atoms with E-state index in [2.05, 4.69) is 0 Å². The van der Waals surface area contributed by atoms with Gasteiger partial charge in [0.1, 0.15) is 0 Å². The topological polar surface area (TPSA) is 29.5 Å². The van der Waals surface area contributed by atoms with Gasteiger partial charge in [0, 0.05) is 7.11 Å². The van der Waals surface area contributed by atoms with Crippen LogP contribution in [0.15, 0.2) is 0 Å². The van der Waals surface area contributed by atoms with E-state index in [-0.39, 0.29) is 6.10 Å². The molecule has 1 unspecified atom stereocenters. The van der Waals surface area contributed by atoms with Crippen molar-refractivity contribution in [1.29, 1.82) is 0 Å². The van der Waals surface area contributed by atoms with Gasteiger partial charge in [0.25, 0.3) is 0 Å². The predicted molar refractivity (Wildman–Crippen MR) is 30.7 cm³/mol. The Kier molecular flexibility index (Phi) is 1.86. The maximum absolute atomic E-state index is 8.95. The summed E-state index contributed by atoms with van der Waals surface area (Å²) in [6, 6.07) is 0. The van der Waals surface area contributed by atoms with Gasteiger partial charge in [-0.05, 0) is 19.3 Å². The van der Waals surface area contributed by atoms with Crippen molar-refractivity contribution in [3.05, 3.63) is 0 Å². The number of hydrogen-bond acceptors (Lipinski definition) is 2. The third-order valence-electron chi connectivity index (χ3n) is 1.69. The molecule has 0 heterocycles. The normalized spacial score (nSPS) is 38.2. The Labute approximate surface area is 49.5 Å². The maximum atomic E-state index is 8.95. The highest BCUT2D eigenvalue weighted by molar-refractivity contribution is 4.73. The van der Waals surface area contributed by atoms with Gasteiger partial charge in [-0.25, -0.2) is 0 Å². The molecular formula is C6H12O2. The smallest absolute Gasteiger partial charge is 0.0596 e. The van der Waals surface area contributed by atoms with Crippen LogP contribution in [0.3, 0.4) is 0 Å². The zero-order chi connectivity index (χ0) is 5.98. The molecule has 0 saturated heterocycles. The highest BCUT2D eigenvalue weighted by atomic mass is 16.5. The Hall–Kier alpha value is -0.0800. The molecule has 0 aromatic heterocycles. The Morgan fingerprint density at radius 3 is 2.50 bits per heavy atom. The minimum Gasteiger partial charge on any atom is -0.393 e. The molecule has 0 amide bonds. The van der Waals surface area contributed by atoms with E-state index in [0.717, 1.165) is 19.3 Å². The Bertz CT molecular complexity index is 72.9. The van der Waals surface area contributed by atoms with E-state index in [1.54, 1.807) is 7.11 Å². The van der Waals surface area contributed by atoms with Gasteiger partial charge in [0.2, 0.25) is 0 Å². The summed E-state index contributed by atoms with van der Waals surface area (Å²) in [5.74, 6) is 0. The minimum absolute atomic E-state index is 0.0973. The van der Waals surface area contributed by atoms with Gasteiger partial charge in [0.15, 0.2) is 0 Å². The van der Waals surface area contributed by atoms with E-state index in [4.69, 9.17) is 9.84 Å². The molecular weight excluding hydrogens is 104 g/mol. The summed E-state index contributed by atoms with van der Waals surface area (Å²) in [7, 11) is 1.70. The molecule has 48 valence electrons. The molecule has 2 atom stereocenters. The van der Waals surface area contributed by atoms with Crippen molar-refractivity contribution in [2.24, 2.45) is 0 Å². The van der Waals surface area contributed by atoms with E-state index in [1.807, 2.05) is 0 Å². The SMILES string of the molecule is CO[C@@H]1CCC(O)C1. The molecule has 1 aliphatic rings. The second kappa shape index (κ2) is 2.46. The van der Waals surface area contributed by atoms with Gasteiger partial charge < -0.3 is 9.84 Å². The summed E-state index contributed by atoms with van der Waals surface area (Å²) >= 11 is 0. The monoisotopic (exact) mass is 116 g/mol. The van der Waals surface area contributed by atoms with Crippen molar-refractivity contribution in [2.45, 2.75) is 31.5 Å². The fourth-order valence-corrected chi connectivity index (χ4v) is 1.13. The minimum atomic E-state index is -0.0973. The lowest BCUT2D eigenvalue weighted by Gasteiger charge is -2.03. The van der Waals surface area contributed by atoms with Gasteiger partial charge in [-0.2, -0.15) is 0 Å². The third kappa shape index (κ3) is 1.20. The van der Waals surface area contributed by atoms with Crippen molar-refractivity contribution < 1.29 is 9.84 Å². The second-order valence-electron chi connectivity index (χ2n) is 2.32. The van der Waals surface area contributed by atoms with E-state index in [1.165, 1.54) is 0 Å². The molecule has 0 aromatic carbocycles. The van der Waals surface area contributed by atoms with E-state index < -0.39 is 0 Å². The largest absolute Gasteiger partial charge is 0.393 e. The van der Waals surface area contributed by atoms with Crippen LogP contribution in [0.4, 0.5) is 0 Å². The molecule has 1 saturated carbocycles. The van der Waals surface area contributed by atoms with Gasteiger partial charge in [-0.3, -0.25) is 0 Å². The number of hydrogen-bond donors (Lipinski definition) is 1. The molecule has 0 bridgehead atoms. The van der Waals surface area contributed by atoms with Crippen LogP contribution in [0, 0.1) is 0 Å². The lowest BCUT2D eigenvalue weighted by atomic mass is 10.3. The second-order valence-corrected chi connectivity index (χ2v) is 2.32. The zero-order valence-electron chi connectivity index (χ0n) is 5.13. The van der Waals surface area contributed by atoms with Crippen molar-refractivity contribution >= 4 is 0 Å². The first-order valence-corrected chi connectivity index (χ1v) is 3.04. The summed E-state index contributed by atoms with van der Waals surface area (Å²) in [6.45, 7) is 0. The highest BCUT2D eigenvalue weighted by Crippen LogP contribution is 2.20. The predicted octanol–water partition coefficient (Wildman–Crippen LogP) is 0.546. The summed E-state index contributed by atoms with van der Waals surface area (Å²) in [4.78, 5) is 0. The first-order valence-electron chi connectivity index (χ1n) is 3.04. The van der Waals surface area contributed by atoms with Gasteiger partial charge in [0.05, 0.1) is 12.2 Å². The number of rotatable bonds is 1. The molecule has 2 nitrogen and oxygen atoms in total. The number of aliphatic hydroxyl groups excluding tert-OH is 1. The fourth-order valence-electron chi connectivity index (χ4n) is 1.13. The third-order valence-corrected chi connectivity index (χ3v) is 1.69. The zero-order valence-corrected chi connectivity index (χ0v) is 5.13. The maximum Gasteiger partial charge on any atom is 0.0596 e. The van der Waals surface area contributed by atoms with Crippen LogP contribution in [0.5, 0.6) is 0 Å². The van der Waals surface area contributed by atoms with E-state index in [0.29, 0.717) is 6.10 Å². The summed E-state index contributed by atoms with van der Waals surface area (Å²) in [5.41, 5.74) is 0. The Morgan fingerprint density at radius 1 is 1.50 bits per heavy atom. The average Bonchev–Trinajstić information content (AvgIpc) is 2.14. The van der Waals surface area contributed by atoms with Crippen LogP contribution in [0.2, 0.25) is 0 Å². The van der Waals surface area contributed by atoms with Crippen LogP contribution < -0.4 is 0 Å². The Balaban J connectivity index is 2.22. The van der Waals surface area contributed by atoms with Gasteiger partial charge in [-0.15, -0.1) is 0 Å². The fraction of sp³-hybridized carbons (Fsp3) is 1.00. The van der Waals surface area contributed by atoms with Crippen LogP contribution in [0.25, 0.3) is 0 Å². The van der Waals surface area contributed by atoms with Crippen LogP contribution in [0.1, 0.15) is 19.3 Å². The lowest BCUT2D eigenvalue weighted by Crippen LogP contribution is -2.06.